The molecule has 11 aromatic rings. The Balaban J connectivity index is 1.04. The first kappa shape index (κ1) is 33.1. The van der Waals surface area contributed by atoms with Crippen LogP contribution in [0.25, 0.3) is 65.7 Å². The molecule has 60 heavy (non-hydrogen) atoms. The minimum absolute atomic E-state index is 0.518. The van der Waals surface area contributed by atoms with Crippen molar-refractivity contribution in [3.63, 3.8) is 0 Å². The Bertz CT molecular complexity index is 3490. The van der Waals surface area contributed by atoms with Crippen LogP contribution in [-0.4, -0.2) is 0 Å². The average molecular weight is 766 g/mol. The highest BCUT2D eigenvalue weighted by Crippen LogP contribution is 2.63. The van der Waals surface area contributed by atoms with Gasteiger partial charge in [0.25, 0.3) is 0 Å². The van der Waals surface area contributed by atoms with Gasteiger partial charge in [-0.1, -0.05) is 170 Å². The zero-order valence-corrected chi connectivity index (χ0v) is 32.5. The number of benzene rings is 10. The van der Waals surface area contributed by atoms with Crippen LogP contribution in [0.2, 0.25) is 0 Å². The Morgan fingerprint density at radius 1 is 0.383 bits per heavy atom. The van der Waals surface area contributed by atoms with Gasteiger partial charge in [0.2, 0.25) is 0 Å². The third-order valence-electron chi connectivity index (χ3n) is 12.9. The van der Waals surface area contributed by atoms with Crippen LogP contribution in [0.4, 0.5) is 17.1 Å². The van der Waals surface area contributed by atoms with Crippen molar-refractivity contribution in [2.75, 3.05) is 4.90 Å². The number of fused-ring (bicyclic) bond motifs is 15. The average Bonchev–Trinajstić information content (AvgIpc) is 3.84. The second-order valence-corrected chi connectivity index (χ2v) is 15.9. The lowest BCUT2D eigenvalue weighted by molar-refractivity contribution is 0.436. The lowest BCUT2D eigenvalue weighted by Gasteiger charge is -2.39. The molecule has 3 nitrogen and oxygen atoms in total. The van der Waals surface area contributed by atoms with E-state index in [-0.39, 0.29) is 0 Å². The molecule has 1 spiro atoms. The van der Waals surface area contributed by atoms with Crippen LogP contribution in [0, 0.1) is 0 Å². The van der Waals surface area contributed by atoms with E-state index in [4.69, 9.17) is 9.15 Å². The van der Waals surface area contributed by atoms with Crippen molar-refractivity contribution in [2.24, 2.45) is 0 Å². The second-order valence-electron chi connectivity index (χ2n) is 15.9. The summed E-state index contributed by atoms with van der Waals surface area (Å²) in [6, 6.07) is 76.7. The molecule has 0 fully saturated rings. The Morgan fingerprint density at radius 2 is 0.967 bits per heavy atom. The van der Waals surface area contributed by atoms with Gasteiger partial charge < -0.3 is 14.1 Å². The first-order valence-electron chi connectivity index (χ1n) is 20.6. The van der Waals surface area contributed by atoms with Crippen molar-refractivity contribution in [1.29, 1.82) is 0 Å². The minimum Gasteiger partial charge on any atom is -0.457 e. The number of anilines is 3. The third kappa shape index (κ3) is 4.49. The number of rotatable bonds is 4. The molecule has 1 aliphatic carbocycles. The summed E-state index contributed by atoms with van der Waals surface area (Å²) in [4.78, 5) is 2.44. The van der Waals surface area contributed by atoms with E-state index in [0.29, 0.717) is 0 Å². The maximum absolute atomic E-state index is 6.60. The smallest absolute Gasteiger partial charge is 0.143 e. The molecular formula is C57H35NO2. The summed E-state index contributed by atoms with van der Waals surface area (Å²) in [5, 5.41) is 6.81. The summed E-state index contributed by atoms with van der Waals surface area (Å²) >= 11 is 0. The fourth-order valence-corrected chi connectivity index (χ4v) is 10.5. The van der Waals surface area contributed by atoms with E-state index in [1.807, 2.05) is 6.07 Å². The van der Waals surface area contributed by atoms with E-state index in [0.717, 1.165) is 66.8 Å². The van der Waals surface area contributed by atoms with Gasteiger partial charge in [-0.25, -0.2) is 0 Å². The Kier molecular flexibility index (Phi) is 6.93. The molecule has 0 radical (unpaired) electrons. The van der Waals surface area contributed by atoms with E-state index in [1.165, 1.54) is 49.7 Å². The minimum atomic E-state index is -0.518. The molecule has 0 saturated carbocycles. The predicted molar refractivity (Wildman–Crippen MR) is 246 cm³/mol. The van der Waals surface area contributed by atoms with Crippen LogP contribution < -0.4 is 9.64 Å². The first-order valence-corrected chi connectivity index (χ1v) is 20.6. The maximum Gasteiger partial charge on any atom is 0.143 e. The standard InChI is InChI=1S/C57H35NO2/c1-2-17-39-36(15-1)16-13-27-50(39)58(51-35-45-42-19-6-10-28-52(42)60-56(45)43-20-4-3-18-41(43)51)38-33-31-37(32-34-38)40-22-14-26-49-55(40)44-21-5-7-23-46(44)57(49)47-24-8-11-29-53(47)59-54-30-12-9-25-48(54)57/h1-35H. The maximum atomic E-state index is 6.60. The summed E-state index contributed by atoms with van der Waals surface area (Å²) in [6.07, 6.45) is 0. The third-order valence-corrected chi connectivity index (χ3v) is 12.9. The quantitative estimate of drug-likeness (QED) is 0.178. The van der Waals surface area contributed by atoms with E-state index in [1.54, 1.807) is 0 Å². The molecule has 0 atom stereocenters. The van der Waals surface area contributed by atoms with Gasteiger partial charge in [-0.3, -0.25) is 0 Å². The molecule has 1 aromatic heterocycles. The molecule has 1 aliphatic heterocycles. The highest BCUT2D eigenvalue weighted by molar-refractivity contribution is 6.20. The molecule has 280 valence electrons. The van der Waals surface area contributed by atoms with Crippen LogP contribution in [-0.2, 0) is 5.41 Å². The SMILES string of the molecule is c1ccc2c(c1)Oc1ccccc1C21c2ccccc2-c2c(-c3ccc(N(c4cccc5ccccc45)c4cc5c6ccccc6oc5c5ccccc45)cc3)cccc21. The molecule has 3 heteroatoms. The number of furan rings is 1. The number of hydrogen-bond acceptors (Lipinski definition) is 3. The van der Waals surface area contributed by atoms with Gasteiger partial charge >= 0.3 is 0 Å². The van der Waals surface area contributed by atoms with Crippen molar-refractivity contribution in [1.82, 2.24) is 0 Å². The van der Waals surface area contributed by atoms with Gasteiger partial charge in [0.15, 0.2) is 0 Å². The molecule has 10 aromatic carbocycles. The summed E-state index contributed by atoms with van der Waals surface area (Å²) in [6.45, 7) is 0. The van der Waals surface area contributed by atoms with Gasteiger partial charge in [0.1, 0.15) is 22.7 Å². The molecular weight excluding hydrogens is 731 g/mol. The van der Waals surface area contributed by atoms with E-state index < -0.39 is 5.41 Å². The number of para-hydroxylation sites is 3. The van der Waals surface area contributed by atoms with Crippen LogP contribution in [0.1, 0.15) is 22.3 Å². The highest BCUT2D eigenvalue weighted by atomic mass is 16.5. The zero-order valence-electron chi connectivity index (χ0n) is 32.5. The van der Waals surface area contributed by atoms with E-state index >= 15 is 0 Å². The molecule has 0 bridgehead atoms. The van der Waals surface area contributed by atoms with Gasteiger partial charge in [0.05, 0.1) is 16.8 Å². The topological polar surface area (TPSA) is 25.6 Å². The van der Waals surface area contributed by atoms with E-state index in [2.05, 4.69) is 211 Å². The summed E-state index contributed by atoms with van der Waals surface area (Å²) in [5.74, 6) is 1.80. The van der Waals surface area contributed by atoms with E-state index in [9.17, 15) is 0 Å². The predicted octanol–water partition coefficient (Wildman–Crippen LogP) is 15.5. The molecule has 0 unspecified atom stereocenters. The van der Waals surface area contributed by atoms with Crippen molar-refractivity contribution in [3.05, 3.63) is 235 Å². The first-order chi connectivity index (χ1) is 29.8. The second kappa shape index (κ2) is 12.6. The Hall–Kier alpha value is -7.88. The molecule has 13 rings (SSSR count). The number of hydrogen-bond donors (Lipinski definition) is 0. The fourth-order valence-electron chi connectivity index (χ4n) is 10.5. The number of nitrogens with zero attached hydrogens (tertiary/aromatic N) is 1. The molecule has 2 heterocycles. The molecule has 2 aliphatic rings. The van der Waals surface area contributed by atoms with Gasteiger partial charge in [0, 0.05) is 43.7 Å². The van der Waals surface area contributed by atoms with Gasteiger partial charge in [-0.2, -0.15) is 0 Å². The van der Waals surface area contributed by atoms with Crippen LogP contribution >= 0.6 is 0 Å². The lowest BCUT2D eigenvalue weighted by Crippen LogP contribution is -2.32. The molecule has 0 saturated heterocycles. The summed E-state index contributed by atoms with van der Waals surface area (Å²) in [7, 11) is 0. The zero-order chi connectivity index (χ0) is 39.4. The van der Waals surface area contributed by atoms with Gasteiger partial charge in [-0.05, 0) is 81.2 Å². The Labute approximate surface area is 347 Å². The monoisotopic (exact) mass is 765 g/mol. The largest absolute Gasteiger partial charge is 0.457 e. The summed E-state index contributed by atoms with van der Waals surface area (Å²) < 4.78 is 13.2. The molecule has 0 amide bonds. The number of ether oxygens (including phenoxy) is 1. The Morgan fingerprint density at radius 3 is 1.77 bits per heavy atom. The van der Waals surface area contributed by atoms with Crippen molar-refractivity contribution >= 4 is 60.5 Å². The molecule has 0 N–H and O–H groups in total. The normalized spacial score (nSPS) is 13.3. The van der Waals surface area contributed by atoms with Crippen molar-refractivity contribution < 1.29 is 9.15 Å². The lowest BCUT2D eigenvalue weighted by atomic mass is 9.66. The fraction of sp³-hybridized carbons (Fsp3) is 0.0175. The van der Waals surface area contributed by atoms with Crippen LogP contribution in [0.15, 0.2) is 217 Å². The van der Waals surface area contributed by atoms with Gasteiger partial charge in [-0.15, -0.1) is 0 Å². The highest BCUT2D eigenvalue weighted by Gasteiger charge is 2.51. The van der Waals surface area contributed by atoms with Crippen molar-refractivity contribution in [2.45, 2.75) is 5.41 Å². The van der Waals surface area contributed by atoms with Crippen LogP contribution in [0.5, 0.6) is 11.5 Å². The summed E-state index contributed by atoms with van der Waals surface area (Å²) in [5.41, 5.74) is 14.4. The van der Waals surface area contributed by atoms with Crippen LogP contribution in [0.3, 0.4) is 0 Å². The van der Waals surface area contributed by atoms with Crippen molar-refractivity contribution in [3.8, 4) is 33.8 Å².